The van der Waals surface area contributed by atoms with Crippen LogP contribution in [-0.4, -0.2) is 26.0 Å². The van der Waals surface area contributed by atoms with Crippen LogP contribution in [0.1, 0.15) is 12.1 Å². The highest BCUT2D eigenvalue weighted by Crippen LogP contribution is 2.16. The first-order valence-electron chi connectivity index (χ1n) is 5.06. The van der Waals surface area contributed by atoms with Gasteiger partial charge in [0.05, 0.1) is 5.69 Å². The Bertz CT molecular complexity index is 492. The Morgan fingerprint density at radius 2 is 2.19 bits per heavy atom. The number of aryl methyl sites for hydroxylation is 2. The predicted molar refractivity (Wildman–Crippen MR) is 58.7 cm³/mol. The summed E-state index contributed by atoms with van der Waals surface area (Å²) in [6.07, 6.45) is 6.50. The van der Waals surface area contributed by atoms with Crippen LogP contribution in [0.25, 0.3) is 11.4 Å². The van der Waals surface area contributed by atoms with Crippen LogP contribution >= 0.6 is 0 Å². The fraction of sp³-hybridized carbons (Fsp3) is 0.273. The second-order valence-electron chi connectivity index (χ2n) is 3.41. The fourth-order valence-electron chi connectivity index (χ4n) is 1.46. The van der Waals surface area contributed by atoms with Gasteiger partial charge < -0.3 is 4.79 Å². The van der Waals surface area contributed by atoms with E-state index in [1.165, 1.54) is 0 Å². The number of carbonyl (C=O) groups is 1. The van der Waals surface area contributed by atoms with Crippen molar-refractivity contribution in [2.24, 2.45) is 0 Å². The predicted octanol–water partition coefficient (Wildman–Crippen LogP) is 1.24. The number of hydrogen-bond acceptors (Lipinski definition) is 4. The maximum atomic E-state index is 10.2. The Morgan fingerprint density at radius 3 is 2.94 bits per heavy atom. The van der Waals surface area contributed by atoms with Crippen molar-refractivity contribution in [2.75, 3.05) is 0 Å². The van der Waals surface area contributed by atoms with E-state index in [0.29, 0.717) is 13.0 Å². The van der Waals surface area contributed by atoms with Crippen molar-refractivity contribution >= 4 is 6.29 Å². The third-order valence-electron chi connectivity index (χ3n) is 2.24. The summed E-state index contributed by atoms with van der Waals surface area (Å²) in [6.45, 7) is 2.50. The Labute approximate surface area is 93.2 Å². The molecule has 0 spiro atoms. The first kappa shape index (κ1) is 10.5. The van der Waals surface area contributed by atoms with Crippen molar-refractivity contribution in [2.45, 2.75) is 19.9 Å². The zero-order chi connectivity index (χ0) is 11.4. The normalized spacial score (nSPS) is 10.3. The number of hydrogen-bond donors (Lipinski definition) is 0. The minimum Gasteiger partial charge on any atom is -0.303 e. The molecule has 0 bridgehead atoms. The summed E-state index contributed by atoms with van der Waals surface area (Å²) in [5.41, 5.74) is 2.42. The Hall–Kier alpha value is -2.04. The molecule has 0 saturated heterocycles. The molecule has 82 valence electrons. The largest absolute Gasteiger partial charge is 0.303 e. The lowest BCUT2D eigenvalue weighted by Crippen LogP contribution is -2.00. The molecule has 2 aromatic rings. The molecule has 0 saturated carbocycles. The smallest absolute Gasteiger partial charge is 0.121 e. The topological polar surface area (TPSA) is 60.7 Å². The van der Waals surface area contributed by atoms with Gasteiger partial charge >= 0.3 is 0 Å². The highest BCUT2D eigenvalue weighted by molar-refractivity contribution is 5.55. The van der Waals surface area contributed by atoms with E-state index in [-0.39, 0.29) is 0 Å². The average Bonchev–Trinajstić information content (AvgIpc) is 2.75. The molecule has 2 heterocycles. The molecule has 0 fully saturated rings. The minimum atomic E-state index is 0.473. The minimum absolute atomic E-state index is 0.473. The molecule has 0 amide bonds. The van der Waals surface area contributed by atoms with Crippen LogP contribution in [0.2, 0.25) is 0 Å². The van der Waals surface area contributed by atoms with Crippen molar-refractivity contribution in [3.05, 3.63) is 30.4 Å². The monoisotopic (exact) mass is 216 g/mol. The lowest BCUT2D eigenvalue weighted by molar-refractivity contribution is -0.108. The van der Waals surface area contributed by atoms with Crippen molar-refractivity contribution in [3.63, 3.8) is 0 Å². The molecule has 5 nitrogen and oxygen atoms in total. The van der Waals surface area contributed by atoms with Crippen LogP contribution in [0.5, 0.6) is 0 Å². The molecule has 0 atom stereocenters. The summed E-state index contributed by atoms with van der Waals surface area (Å²) in [5.74, 6) is 0. The lowest BCUT2D eigenvalue weighted by atomic mass is 10.2. The van der Waals surface area contributed by atoms with Gasteiger partial charge in [-0.25, -0.2) is 0 Å². The van der Waals surface area contributed by atoms with Crippen LogP contribution in [0, 0.1) is 6.92 Å². The third kappa shape index (κ3) is 2.13. The maximum absolute atomic E-state index is 10.2. The van der Waals surface area contributed by atoms with Gasteiger partial charge in [-0.2, -0.15) is 5.10 Å². The standard InChI is InChI=1S/C11H12N4O/c1-9-11(13-5-4-12-9)10-3-7-15(14-10)6-2-8-16/h3-5,7-8H,2,6H2,1H3. The molecule has 5 heteroatoms. The molecule has 0 radical (unpaired) electrons. The third-order valence-corrected chi connectivity index (χ3v) is 2.24. The van der Waals surface area contributed by atoms with E-state index in [9.17, 15) is 4.79 Å². The van der Waals surface area contributed by atoms with Crippen molar-refractivity contribution in [1.29, 1.82) is 0 Å². The molecule has 0 aromatic carbocycles. The van der Waals surface area contributed by atoms with Crippen LogP contribution < -0.4 is 0 Å². The van der Waals surface area contributed by atoms with Crippen LogP contribution in [0.15, 0.2) is 24.7 Å². The lowest BCUT2D eigenvalue weighted by Gasteiger charge is -1.99. The maximum Gasteiger partial charge on any atom is 0.121 e. The van der Waals surface area contributed by atoms with Gasteiger partial charge in [-0.1, -0.05) is 0 Å². The van der Waals surface area contributed by atoms with E-state index >= 15 is 0 Å². The van der Waals surface area contributed by atoms with Gasteiger partial charge in [-0.3, -0.25) is 14.6 Å². The molecule has 0 aliphatic carbocycles. The second-order valence-corrected chi connectivity index (χ2v) is 3.41. The summed E-state index contributed by atoms with van der Waals surface area (Å²) >= 11 is 0. The van der Waals surface area contributed by atoms with E-state index in [4.69, 9.17) is 0 Å². The summed E-state index contributed by atoms with van der Waals surface area (Å²) in [4.78, 5) is 18.6. The zero-order valence-corrected chi connectivity index (χ0v) is 9.00. The summed E-state index contributed by atoms with van der Waals surface area (Å²) in [7, 11) is 0. The van der Waals surface area contributed by atoms with Crippen LogP contribution in [0.3, 0.4) is 0 Å². The van der Waals surface area contributed by atoms with E-state index in [2.05, 4.69) is 15.1 Å². The van der Waals surface area contributed by atoms with Crippen molar-refractivity contribution in [3.8, 4) is 11.4 Å². The average molecular weight is 216 g/mol. The molecule has 0 unspecified atom stereocenters. The Balaban J connectivity index is 2.25. The number of carbonyl (C=O) groups excluding carboxylic acids is 1. The number of rotatable bonds is 4. The summed E-state index contributed by atoms with van der Waals surface area (Å²) in [6, 6.07) is 1.88. The van der Waals surface area contributed by atoms with Crippen molar-refractivity contribution < 1.29 is 4.79 Å². The van der Waals surface area contributed by atoms with Crippen LogP contribution in [0.4, 0.5) is 0 Å². The first-order chi connectivity index (χ1) is 7.81. The van der Waals surface area contributed by atoms with Gasteiger partial charge in [-0.15, -0.1) is 0 Å². The highest BCUT2D eigenvalue weighted by Gasteiger charge is 2.06. The molecule has 2 aromatic heterocycles. The Morgan fingerprint density at radius 1 is 1.38 bits per heavy atom. The SMILES string of the molecule is Cc1nccnc1-c1ccn(CCC=O)n1. The second kappa shape index (κ2) is 4.65. The molecule has 0 aliphatic heterocycles. The van der Waals surface area contributed by atoms with E-state index in [0.717, 1.165) is 23.4 Å². The molecular weight excluding hydrogens is 204 g/mol. The van der Waals surface area contributed by atoms with Gasteiger partial charge in [0, 0.05) is 31.6 Å². The van der Waals surface area contributed by atoms with E-state index in [1.54, 1.807) is 17.1 Å². The van der Waals surface area contributed by atoms with Crippen LogP contribution in [-0.2, 0) is 11.3 Å². The van der Waals surface area contributed by atoms with Crippen molar-refractivity contribution in [1.82, 2.24) is 19.7 Å². The molecular formula is C11H12N4O. The first-order valence-corrected chi connectivity index (χ1v) is 5.06. The van der Waals surface area contributed by atoms with Gasteiger partial charge in [0.2, 0.25) is 0 Å². The van der Waals surface area contributed by atoms with Gasteiger partial charge in [0.1, 0.15) is 17.7 Å². The quantitative estimate of drug-likeness (QED) is 0.721. The van der Waals surface area contributed by atoms with Gasteiger partial charge in [0.15, 0.2) is 0 Å². The number of nitrogens with zero attached hydrogens (tertiary/aromatic N) is 4. The fourth-order valence-corrected chi connectivity index (χ4v) is 1.46. The Kier molecular flexibility index (Phi) is 3.05. The van der Waals surface area contributed by atoms with Gasteiger partial charge in [0.25, 0.3) is 0 Å². The number of aromatic nitrogens is 4. The van der Waals surface area contributed by atoms with Gasteiger partial charge in [-0.05, 0) is 13.0 Å². The zero-order valence-electron chi connectivity index (χ0n) is 9.00. The summed E-state index contributed by atoms with van der Waals surface area (Å²) in [5, 5.41) is 4.33. The molecule has 0 aliphatic rings. The highest BCUT2D eigenvalue weighted by atomic mass is 16.1. The summed E-state index contributed by atoms with van der Waals surface area (Å²) < 4.78 is 1.73. The van der Waals surface area contributed by atoms with E-state index in [1.807, 2.05) is 19.2 Å². The molecule has 16 heavy (non-hydrogen) atoms. The number of aldehydes is 1. The molecule has 0 N–H and O–H groups in total. The molecule has 2 rings (SSSR count). The van der Waals surface area contributed by atoms with E-state index < -0.39 is 0 Å².